The van der Waals surface area contributed by atoms with Crippen molar-refractivity contribution in [2.24, 2.45) is 0 Å². The maximum Gasteiger partial charge on any atom is 0.586 e. The van der Waals surface area contributed by atoms with Crippen molar-refractivity contribution in [1.82, 2.24) is 4.98 Å². The second-order valence-electron chi connectivity index (χ2n) is 4.03. The minimum atomic E-state index is -3.64. The first-order valence-corrected chi connectivity index (χ1v) is 5.90. The van der Waals surface area contributed by atoms with Crippen LogP contribution in [0, 0.1) is 0 Å². The molecule has 1 aliphatic heterocycles. The van der Waals surface area contributed by atoms with Gasteiger partial charge in [-0.25, -0.2) is 4.98 Å². The lowest BCUT2D eigenvalue weighted by Gasteiger charge is -2.08. The quantitative estimate of drug-likeness (QED) is 0.832. The average molecular weight is 300 g/mol. The number of nitrogens with two attached hydrogens (primary N) is 1. The van der Waals surface area contributed by atoms with Crippen molar-refractivity contribution in [1.29, 1.82) is 0 Å². The van der Waals surface area contributed by atoms with Crippen LogP contribution in [0.25, 0.3) is 0 Å². The zero-order valence-electron chi connectivity index (χ0n) is 9.86. The number of hydrogen-bond donors (Lipinski definition) is 2. The van der Waals surface area contributed by atoms with Crippen LogP contribution in [-0.4, -0.2) is 11.3 Å². The van der Waals surface area contributed by atoms with Gasteiger partial charge in [-0.2, -0.15) is 0 Å². The number of halogens is 3. The third-order valence-corrected chi connectivity index (χ3v) is 2.77. The first kappa shape index (κ1) is 12.7. The van der Waals surface area contributed by atoms with Crippen molar-refractivity contribution in [3.05, 3.63) is 35.5 Å². The van der Waals surface area contributed by atoms with E-state index in [4.69, 9.17) is 17.3 Å². The molecule has 8 heteroatoms. The molecule has 2 heterocycles. The average Bonchev–Trinajstić information content (AvgIpc) is 2.67. The maximum atomic E-state index is 12.9. The van der Waals surface area contributed by atoms with Gasteiger partial charge in [0.05, 0.1) is 5.69 Å². The molecule has 0 spiro atoms. The van der Waals surface area contributed by atoms with Crippen molar-refractivity contribution in [2.45, 2.75) is 6.29 Å². The molecular weight excluding hydrogens is 292 g/mol. The normalized spacial score (nSPS) is 15.2. The van der Waals surface area contributed by atoms with Crippen LogP contribution in [0.4, 0.5) is 26.0 Å². The topological polar surface area (TPSA) is 69.4 Å². The van der Waals surface area contributed by atoms with Crippen molar-refractivity contribution in [3.8, 4) is 11.5 Å². The molecule has 3 N–H and O–H groups in total. The van der Waals surface area contributed by atoms with E-state index < -0.39 is 6.29 Å². The van der Waals surface area contributed by atoms with Gasteiger partial charge in [-0.05, 0) is 24.3 Å². The Kier molecular flexibility index (Phi) is 2.79. The van der Waals surface area contributed by atoms with Crippen molar-refractivity contribution >= 4 is 28.8 Å². The van der Waals surface area contributed by atoms with Gasteiger partial charge in [-0.1, -0.05) is 11.6 Å². The Labute approximate surface area is 117 Å². The Morgan fingerprint density at radius 3 is 2.70 bits per heavy atom. The summed E-state index contributed by atoms with van der Waals surface area (Å²) in [5, 5.41) is 3.13. The summed E-state index contributed by atoms with van der Waals surface area (Å²) in [7, 11) is 0. The van der Waals surface area contributed by atoms with E-state index in [1.165, 1.54) is 18.2 Å². The Morgan fingerprint density at radius 2 is 1.90 bits per heavy atom. The van der Waals surface area contributed by atoms with Gasteiger partial charge in [0, 0.05) is 11.8 Å². The third-order valence-electron chi connectivity index (χ3n) is 2.56. The van der Waals surface area contributed by atoms with E-state index in [-0.39, 0.29) is 16.7 Å². The number of fused-ring (bicyclic) bond motifs is 1. The molecule has 0 fully saturated rings. The number of pyridine rings is 1. The van der Waals surface area contributed by atoms with Crippen LogP contribution in [0.5, 0.6) is 11.5 Å². The van der Waals surface area contributed by atoms with Crippen LogP contribution < -0.4 is 20.5 Å². The fraction of sp³-hybridized carbons (Fsp3) is 0.0833. The zero-order chi connectivity index (χ0) is 14.3. The molecule has 20 heavy (non-hydrogen) atoms. The molecule has 3 rings (SSSR count). The highest BCUT2D eigenvalue weighted by molar-refractivity contribution is 6.29. The number of aromatic nitrogens is 1. The second kappa shape index (κ2) is 4.38. The number of alkyl halides is 2. The summed E-state index contributed by atoms with van der Waals surface area (Å²) >= 11 is 5.76. The molecule has 0 amide bonds. The number of hydrogen-bond acceptors (Lipinski definition) is 5. The fourth-order valence-electron chi connectivity index (χ4n) is 1.71. The summed E-state index contributed by atoms with van der Waals surface area (Å²) in [6, 6.07) is 7.38. The summed E-state index contributed by atoms with van der Waals surface area (Å²) < 4.78 is 34.4. The molecule has 1 aromatic carbocycles. The Bertz CT molecular complexity index is 682. The van der Waals surface area contributed by atoms with Gasteiger partial charge in [-0.15, -0.1) is 8.78 Å². The molecule has 0 aliphatic carbocycles. The number of anilines is 3. The van der Waals surface area contributed by atoms with Crippen LogP contribution in [0.3, 0.4) is 0 Å². The number of rotatable bonds is 2. The molecule has 1 aromatic heterocycles. The van der Waals surface area contributed by atoms with Crippen LogP contribution in [0.1, 0.15) is 0 Å². The smallest absolute Gasteiger partial charge is 0.396 e. The van der Waals surface area contributed by atoms with E-state index in [0.29, 0.717) is 17.2 Å². The third kappa shape index (κ3) is 2.39. The first-order chi connectivity index (χ1) is 9.43. The van der Waals surface area contributed by atoms with Gasteiger partial charge < -0.3 is 20.5 Å². The molecule has 5 nitrogen and oxygen atoms in total. The first-order valence-electron chi connectivity index (χ1n) is 5.52. The Hall–Kier alpha value is -2.28. The molecule has 0 unspecified atom stereocenters. The van der Waals surface area contributed by atoms with E-state index in [1.807, 2.05) is 0 Å². The highest BCUT2D eigenvalue weighted by atomic mass is 35.5. The predicted molar refractivity (Wildman–Crippen MR) is 69.6 cm³/mol. The van der Waals surface area contributed by atoms with E-state index >= 15 is 0 Å². The van der Waals surface area contributed by atoms with Crippen LogP contribution in [0.2, 0.25) is 5.15 Å². The molecule has 104 valence electrons. The van der Waals surface area contributed by atoms with Crippen molar-refractivity contribution in [3.63, 3.8) is 0 Å². The van der Waals surface area contributed by atoms with Gasteiger partial charge in [0.15, 0.2) is 17.3 Å². The minimum absolute atomic E-state index is 0.0347. The maximum absolute atomic E-state index is 12.9. The molecule has 0 saturated carbocycles. The lowest BCUT2D eigenvalue weighted by molar-refractivity contribution is -0.286. The van der Waals surface area contributed by atoms with E-state index in [0.717, 1.165) is 0 Å². The van der Waals surface area contributed by atoms with Gasteiger partial charge >= 0.3 is 6.29 Å². The van der Waals surface area contributed by atoms with E-state index in [9.17, 15) is 8.78 Å². The summed E-state index contributed by atoms with van der Waals surface area (Å²) in [6.07, 6.45) is -3.64. The zero-order valence-corrected chi connectivity index (χ0v) is 10.6. The molecule has 0 saturated heterocycles. The van der Waals surface area contributed by atoms with Crippen LogP contribution in [-0.2, 0) is 0 Å². The van der Waals surface area contributed by atoms with Crippen LogP contribution in [0.15, 0.2) is 30.3 Å². The predicted octanol–water partition coefficient (Wildman–Crippen LogP) is 3.38. The van der Waals surface area contributed by atoms with Gasteiger partial charge in [0.2, 0.25) is 0 Å². The van der Waals surface area contributed by atoms with Gasteiger partial charge in [0.1, 0.15) is 5.15 Å². The Morgan fingerprint density at radius 1 is 1.15 bits per heavy atom. The number of nitrogen functional groups attached to an aromatic ring is 1. The van der Waals surface area contributed by atoms with E-state index in [1.54, 1.807) is 12.1 Å². The Balaban J connectivity index is 1.88. The monoisotopic (exact) mass is 299 g/mol. The van der Waals surface area contributed by atoms with E-state index in [2.05, 4.69) is 19.8 Å². The van der Waals surface area contributed by atoms with Gasteiger partial charge in [-0.3, -0.25) is 0 Å². The summed E-state index contributed by atoms with van der Waals surface area (Å²) in [4.78, 5) is 4.00. The van der Waals surface area contributed by atoms with Crippen molar-refractivity contribution < 1.29 is 18.3 Å². The number of nitrogens with zero attached hydrogens (tertiary/aromatic N) is 1. The van der Waals surface area contributed by atoms with Gasteiger partial charge in [0.25, 0.3) is 0 Å². The molecular formula is C12H8ClF2N3O2. The molecule has 0 radical (unpaired) electrons. The summed E-state index contributed by atoms with van der Waals surface area (Å²) in [5.41, 5.74) is 6.57. The molecule has 2 aromatic rings. The molecule has 0 bridgehead atoms. The van der Waals surface area contributed by atoms with Crippen molar-refractivity contribution in [2.75, 3.05) is 11.1 Å². The highest BCUT2D eigenvalue weighted by Gasteiger charge is 2.43. The largest absolute Gasteiger partial charge is 0.586 e. The van der Waals surface area contributed by atoms with Crippen LogP contribution >= 0.6 is 11.6 Å². The number of nitrogens with one attached hydrogen (secondary N) is 1. The molecule has 1 aliphatic rings. The number of benzene rings is 1. The summed E-state index contributed by atoms with van der Waals surface area (Å²) in [6.45, 7) is 0. The molecule has 0 atom stereocenters. The second-order valence-corrected chi connectivity index (χ2v) is 4.41. The minimum Gasteiger partial charge on any atom is -0.396 e. The SMILES string of the molecule is Nc1ccc(Cl)nc1Nc1ccc2c(c1)OC(F)(F)O2. The summed E-state index contributed by atoms with van der Waals surface area (Å²) in [5.74, 6) is 0.219. The standard InChI is InChI=1S/C12H8ClF2N3O2/c13-10-4-2-7(16)11(18-10)17-6-1-3-8-9(5-6)20-12(14,15)19-8/h1-5H,16H2,(H,17,18). The lowest BCUT2D eigenvalue weighted by atomic mass is 10.2. The fourth-order valence-corrected chi connectivity index (χ4v) is 1.86. The highest BCUT2D eigenvalue weighted by Crippen LogP contribution is 2.42. The number of ether oxygens (including phenoxy) is 2. The lowest BCUT2D eigenvalue weighted by Crippen LogP contribution is -2.25.